The number of nitrogens with one attached hydrogen (secondary N) is 3. The molecule has 4 amide bonds. The highest BCUT2D eigenvalue weighted by molar-refractivity contribution is 7.18. The van der Waals surface area contributed by atoms with E-state index in [1.54, 1.807) is 41.3 Å². The standard InChI is InChI=1S/C21H23ClN4O3S/c22-18-10-9-17(30-18)20(28)25-16-4-1-3-15(16)24-19(27)13-5-7-14(8-6-13)26-12-2-11-23-21(26)29/h5-10,15-16H,1-4,11-12H2,(H,23,29)(H,24,27)(H,25,28)/t15-,16+/m0/s1. The SMILES string of the molecule is O=C(N[C@H]1CCC[C@H]1NC(=O)c1ccc(Cl)s1)c1ccc(N2CCCNC2=O)cc1. The second-order valence-corrected chi connectivity index (χ2v) is 9.19. The van der Waals surface area contributed by atoms with Gasteiger partial charge in [-0.15, -0.1) is 11.3 Å². The van der Waals surface area contributed by atoms with Crippen LogP contribution in [0.4, 0.5) is 10.5 Å². The van der Waals surface area contributed by atoms with Crippen LogP contribution < -0.4 is 20.9 Å². The molecule has 4 rings (SSSR count). The van der Waals surface area contributed by atoms with Crippen molar-refractivity contribution in [1.82, 2.24) is 16.0 Å². The zero-order valence-corrected chi connectivity index (χ0v) is 17.9. The molecule has 30 heavy (non-hydrogen) atoms. The maximum Gasteiger partial charge on any atom is 0.321 e. The normalized spacial score (nSPS) is 21.2. The molecule has 1 aromatic carbocycles. The van der Waals surface area contributed by atoms with Crippen molar-refractivity contribution < 1.29 is 14.4 Å². The van der Waals surface area contributed by atoms with E-state index in [4.69, 9.17) is 11.6 Å². The Hall–Kier alpha value is -2.58. The van der Waals surface area contributed by atoms with Gasteiger partial charge < -0.3 is 16.0 Å². The van der Waals surface area contributed by atoms with Crippen LogP contribution in [-0.4, -0.2) is 43.0 Å². The summed E-state index contributed by atoms with van der Waals surface area (Å²) in [5, 5.41) is 8.88. The minimum Gasteiger partial charge on any atom is -0.347 e. The summed E-state index contributed by atoms with van der Waals surface area (Å²) < 4.78 is 0.571. The first-order valence-electron chi connectivity index (χ1n) is 10.0. The van der Waals surface area contributed by atoms with Crippen molar-refractivity contribution in [2.24, 2.45) is 0 Å². The zero-order chi connectivity index (χ0) is 21.1. The average Bonchev–Trinajstić information content (AvgIpc) is 3.37. The molecule has 7 nitrogen and oxygen atoms in total. The molecule has 0 radical (unpaired) electrons. The van der Waals surface area contributed by atoms with Crippen LogP contribution in [0.5, 0.6) is 0 Å². The second kappa shape index (κ2) is 9.06. The molecule has 0 bridgehead atoms. The predicted octanol–water partition coefficient (Wildman–Crippen LogP) is 3.40. The van der Waals surface area contributed by atoms with E-state index >= 15 is 0 Å². The van der Waals surface area contributed by atoms with Crippen LogP contribution in [0.2, 0.25) is 4.34 Å². The summed E-state index contributed by atoms with van der Waals surface area (Å²) in [5.74, 6) is -0.350. The van der Waals surface area contributed by atoms with Crippen molar-refractivity contribution in [3.05, 3.63) is 51.2 Å². The summed E-state index contributed by atoms with van der Waals surface area (Å²) in [6, 6.07) is 10.1. The Morgan fingerprint density at radius 3 is 2.33 bits per heavy atom. The van der Waals surface area contributed by atoms with Crippen molar-refractivity contribution in [2.75, 3.05) is 18.0 Å². The molecule has 2 atom stereocenters. The van der Waals surface area contributed by atoms with Crippen LogP contribution in [-0.2, 0) is 0 Å². The number of anilines is 1. The molecule has 9 heteroatoms. The predicted molar refractivity (Wildman–Crippen MR) is 117 cm³/mol. The van der Waals surface area contributed by atoms with E-state index in [9.17, 15) is 14.4 Å². The van der Waals surface area contributed by atoms with Crippen LogP contribution in [0.25, 0.3) is 0 Å². The Morgan fingerprint density at radius 1 is 1.00 bits per heavy atom. The summed E-state index contributed by atoms with van der Waals surface area (Å²) in [4.78, 5) is 39.3. The van der Waals surface area contributed by atoms with Crippen molar-refractivity contribution in [1.29, 1.82) is 0 Å². The Balaban J connectivity index is 1.36. The van der Waals surface area contributed by atoms with Gasteiger partial charge >= 0.3 is 6.03 Å². The molecule has 1 saturated heterocycles. The van der Waals surface area contributed by atoms with Gasteiger partial charge in [0, 0.05) is 36.4 Å². The van der Waals surface area contributed by atoms with Crippen molar-refractivity contribution >= 4 is 46.5 Å². The van der Waals surface area contributed by atoms with Gasteiger partial charge in [-0.25, -0.2) is 4.79 Å². The van der Waals surface area contributed by atoms with Crippen LogP contribution in [0.3, 0.4) is 0 Å². The number of benzene rings is 1. The molecule has 1 aromatic heterocycles. The number of carbonyl (C=O) groups excluding carboxylic acids is 3. The molecular weight excluding hydrogens is 424 g/mol. The van der Waals surface area contributed by atoms with Crippen LogP contribution in [0.1, 0.15) is 45.7 Å². The number of halogens is 1. The number of nitrogens with zero attached hydrogens (tertiary/aromatic N) is 1. The van der Waals surface area contributed by atoms with Gasteiger partial charge in [0.25, 0.3) is 11.8 Å². The highest BCUT2D eigenvalue weighted by atomic mass is 35.5. The summed E-state index contributed by atoms with van der Waals surface area (Å²) in [7, 11) is 0. The van der Waals surface area contributed by atoms with E-state index in [0.717, 1.165) is 31.4 Å². The number of hydrogen-bond donors (Lipinski definition) is 3. The number of amides is 4. The topological polar surface area (TPSA) is 90.5 Å². The third-order valence-electron chi connectivity index (χ3n) is 5.47. The lowest BCUT2D eigenvalue weighted by atomic mass is 10.1. The molecule has 3 N–H and O–H groups in total. The summed E-state index contributed by atoms with van der Waals surface area (Å²) in [5.41, 5.74) is 1.29. The fourth-order valence-corrected chi connectivity index (χ4v) is 4.85. The van der Waals surface area contributed by atoms with Crippen molar-refractivity contribution in [3.63, 3.8) is 0 Å². The van der Waals surface area contributed by atoms with Crippen LogP contribution in [0, 0.1) is 0 Å². The van der Waals surface area contributed by atoms with E-state index in [0.29, 0.717) is 27.9 Å². The van der Waals surface area contributed by atoms with Crippen molar-refractivity contribution in [2.45, 2.75) is 37.8 Å². The van der Waals surface area contributed by atoms with E-state index in [-0.39, 0.29) is 29.9 Å². The molecule has 2 aromatic rings. The molecule has 1 saturated carbocycles. The van der Waals surface area contributed by atoms with Gasteiger partial charge in [-0.3, -0.25) is 14.5 Å². The van der Waals surface area contributed by atoms with Crippen molar-refractivity contribution in [3.8, 4) is 0 Å². The van der Waals surface area contributed by atoms with Gasteiger partial charge in [0.15, 0.2) is 0 Å². The Morgan fingerprint density at radius 2 is 1.70 bits per heavy atom. The van der Waals surface area contributed by atoms with Crippen LogP contribution in [0.15, 0.2) is 36.4 Å². The first-order chi connectivity index (χ1) is 14.5. The second-order valence-electron chi connectivity index (χ2n) is 7.48. The number of hydrogen-bond acceptors (Lipinski definition) is 4. The highest BCUT2D eigenvalue weighted by Crippen LogP contribution is 2.24. The fraction of sp³-hybridized carbons (Fsp3) is 0.381. The fourth-order valence-electron chi connectivity index (χ4n) is 3.90. The third-order valence-corrected chi connectivity index (χ3v) is 6.70. The number of urea groups is 1. The lowest BCUT2D eigenvalue weighted by Gasteiger charge is -2.27. The number of rotatable bonds is 5. The van der Waals surface area contributed by atoms with Gasteiger partial charge in [0.1, 0.15) is 0 Å². The number of thiophene rings is 1. The lowest BCUT2D eigenvalue weighted by molar-refractivity contribution is 0.0894. The maximum atomic E-state index is 12.7. The minimum atomic E-state index is -0.185. The Bertz CT molecular complexity index is 946. The Labute approximate surface area is 183 Å². The van der Waals surface area contributed by atoms with Gasteiger partial charge in [0.2, 0.25) is 0 Å². The molecule has 158 valence electrons. The summed E-state index contributed by atoms with van der Waals surface area (Å²) in [6.07, 6.45) is 3.46. The first-order valence-corrected chi connectivity index (χ1v) is 11.2. The lowest BCUT2D eigenvalue weighted by Crippen LogP contribution is -2.48. The monoisotopic (exact) mass is 446 g/mol. The van der Waals surface area contributed by atoms with E-state index < -0.39 is 0 Å². The largest absolute Gasteiger partial charge is 0.347 e. The minimum absolute atomic E-state index is 0.112. The Kier molecular flexibility index (Phi) is 6.24. The number of carbonyl (C=O) groups is 3. The third kappa shape index (κ3) is 4.60. The van der Waals surface area contributed by atoms with Gasteiger partial charge in [-0.2, -0.15) is 0 Å². The summed E-state index contributed by atoms with van der Waals surface area (Å²) in [6.45, 7) is 1.35. The molecule has 2 fully saturated rings. The van der Waals surface area contributed by atoms with Gasteiger partial charge in [-0.1, -0.05) is 11.6 Å². The molecule has 1 aliphatic carbocycles. The van der Waals surface area contributed by atoms with E-state index in [1.807, 2.05) is 0 Å². The first kappa shape index (κ1) is 20.7. The molecule has 0 unspecified atom stereocenters. The molecule has 1 aliphatic heterocycles. The molecular formula is C21H23ClN4O3S. The van der Waals surface area contributed by atoms with E-state index in [2.05, 4.69) is 16.0 Å². The zero-order valence-electron chi connectivity index (χ0n) is 16.3. The molecule has 2 heterocycles. The molecule has 0 spiro atoms. The summed E-state index contributed by atoms with van der Waals surface area (Å²) >= 11 is 7.15. The van der Waals surface area contributed by atoms with E-state index in [1.165, 1.54) is 11.3 Å². The maximum absolute atomic E-state index is 12.7. The quantitative estimate of drug-likeness (QED) is 0.657. The van der Waals surface area contributed by atoms with Gasteiger partial charge in [0.05, 0.1) is 9.21 Å². The van der Waals surface area contributed by atoms with Gasteiger partial charge in [-0.05, 0) is 62.1 Å². The van der Waals surface area contributed by atoms with Crippen LogP contribution >= 0.6 is 22.9 Å². The highest BCUT2D eigenvalue weighted by Gasteiger charge is 2.30. The molecule has 2 aliphatic rings. The average molecular weight is 447 g/mol. The smallest absolute Gasteiger partial charge is 0.321 e.